The van der Waals surface area contributed by atoms with Crippen molar-refractivity contribution < 1.29 is 22.7 Å². The highest BCUT2D eigenvalue weighted by molar-refractivity contribution is 5.92. The van der Waals surface area contributed by atoms with Crippen molar-refractivity contribution in [2.75, 3.05) is 5.73 Å². The lowest BCUT2D eigenvalue weighted by atomic mass is 10.0. The molecule has 0 bridgehead atoms. The summed E-state index contributed by atoms with van der Waals surface area (Å²) < 4.78 is 40.4. The molecule has 0 atom stereocenters. The summed E-state index contributed by atoms with van der Waals surface area (Å²) in [6.45, 7) is 0. The van der Waals surface area contributed by atoms with Crippen LogP contribution in [-0.2, 0) is 0 Å². The van der Waals surface area contributed by atoms with E-state index in [0.29, 0.717) is 11.8 Å². The number of nitrogens with zero attached hydrogens (tertiary/aromatic N) is 1. The number of alkyl halides is 3. The fourth-order valence-electron chi connectivity index (χ4n) is 1.76. The summed E-state index contributed by atoms with van der Waals surface area (Å²) in [5.41, 5.74) is 6.50. The fourth-order valence-corrected chi connectivity index (χ4v) is 1.76. The number of nitrogens with two attached hydrogens (primary N) is 1. The van der Waals surface area contributed by atoms with Gasteiger partial charge in [-0.15, -0.1) is 13.2 Å². The number of aromatic nitrogens is 1. The largest absolute Gasteiger partial charge is 0.573 e. The molecule has 2 N–H and O–H groups in total. The van der Waals surface area contributed by atoms with Gasteiger partial charge < -0.3 is 10.5 Å². The molecule has 4 nitrogen and oxygen atoms in total. The normalized spacial score (nSPS) is 11.2. The summed E-state index contributed by atoms with van der Waals surface area (Å²) in [4.78, 5) is 14.8. The van der Waals surface area contributed by atoms with Crippen molar-refractivity contribution in [3.05, 3.63) is 42.1 Å². The Balaban J connectivity index is 2.49. The van der Waals surface area contributed by atoms with Crippen LogP contribution in [0.25, 0.3) is 11.1 Å². The van der Waals surface area contributed by atoms with E-state index in [1.807, 2.05) is 0 Å². The number of hydrogen-bond donors (Lipinski definition) is 1. The molecule has 0 fully saturated rings. The first kappa shape index (κ1) is 13.9. The number of benzene rings is 1. The van der Waals surface area contributed by atoms with Gasteiger partial charge in [0.25, 0.3) is 0 Å². The molecule has 104 valence electrons. The molecular formula is C13H9F3N2O2. The van der Waals surface area contributed by atoms with Crippen molar-refractivity contribution in [2.45, 2.75) is 6.36 Å². The summed E-state index contributed by atoms with van der Waals surface area (Å²) in [6.07, 6.45) is -2.88. The maximum absolute atomic E-state index is 12.2. The predicted octanol–water partition coefficient (Wildman–Crippen LogP) is 3.04. The van der Waals surface area contributed by atoms with E-state index in [4.69, 9.17) is 5.73 Å². The highest BCUT2D eigenvalue weighted by Crippen LogP contribution is 2.31. The van der Waals surface area contributed by atoms with E-state index in [9.17, 15) is 18.0 Å². The third-order valence-corrected chi connectivity index (χ3v) is 2.50. The van der Waals surface area contributed by atoms with Gasteiger partial charge >= 0.3 is 6.36 Å². The molecule has 20 heavy (non-hydrogen) atoms. The van der Waals surface area contributed by atoms with Gasteiger partial charge in [0.05, 0.1) is 0 Å². The Morgan fingerprint density at radius 1 is 1.25 bits per heavy atom. The molecule has 0 saturated carbocycles. The van der Waals surface area contributed by atoms with Crippen LogP contribution in [0.2, 0.25) is 0 Å². The van der Waals surface area contributed by atoms with Crippen LogP contribution in [0.5, 0.6) is 5.75 Å². The third kappa shape index (κ3) is 3.05. The molecule has 0 saturated heterocycles. The molecule has 0 amide bonds. The predicted molar refractivity (Wildman–Crippen MR) is 66.2 cm³/mol. The first-order valence-electron chi connectivity index (χ1n) is 5.46. The van der Waals surface area contributed by atoms with Gasteiger partial charge in [-0.25, -0.2) is 4.98 Å². The van der Waals surface area contributed by atoms with Crippen molar-refractivity contribution in [2.24, 2.45) is 0 Å². The van der Waals surface area contributed by atoms with Gasteiger partial charge in [-0.1, -0.05) is 12.1 Å². The highest BCUT2D eigenvalue weighted by atomic mass is 19.4. The van der Waals surface area contributed by atoms with Crippen LogP contribution in [0.15, 0.2) is 36.5 Å². The molecule has 7 heteroatoms. The first-order valence-corrected chi connectivity index (χ1v) is 5.46. The van der Waals surface area contributed by atoms with E-state index >= 15 is 0 Å². The lowest BCUT2D eigenvalue weighted by Gasteiger charge is -2.11. The van der Waals surface area contributed by atoms with Gasteiger partial charge in [-0.05, 0) is 23.8 Å². The number of rotatable bonds is 3. The Labute approximate surface area is 112 Å². The molecule has 1 aromatic carbocycles. The van der Waals surface area contributed by atoms with Crippen LogP contribution in [0.4, 0.5) is 19.0 Å². The Kier molecular flexibility index (Phi) is 3.60. The average molecular weight is 282 g/mol. The van der Waals surface area contributed by atoms with E-state index in [2.05, 4.69) is 9.72 Å². The minimum atomic E-state index is -4.79. The number of nitrogen functional groups attached to an aromatic ring is 1. The molecule has 1 aromatic heterocycles. The lowest BCUT2D eigenvalue weighted by molar-refractivity contribution is -0.274. The minimum Gasteiger partial charge on any atom is -0.406 e. The van der Waals surface area contributed by atoms with E-state index in [-0.39, 0.29) is 16.9 Å². The maximum atomic E-state index is 12.2. The maximum Gasteiger partial charge on any atom is 0.573 e. The Morgan fingerprint density at radius 3 is 2.65 bits per heavy atom. The van der Waals surface area contributed by atoms with Gasteiger partial charge in [0.15, 0.2) is 6.29 Å². The molecule has 0 unspecified atom stereocenters. The molecule has 0 aliphatic rings. The SMILES string of the molecule is Nc1nccc(C=O)c1-c1cccc(OC(F)(F)F)c1. The van der Waals surface area contributed by atoms with Crippen LogP contribution in [0, 0.1) is 0 Å². The van der Waals surface area contributed by atoms with Crippen LogP contribution in [0.3, 0.4) is 0 Å². The summed E-state index contributed by atoms with van der Waals surface area (Å²) >= 11 is 0. The van der Waals surface area contributed by atoms with Gasteiger partial charge in [0.2, 0.25) is 0 Å². The quantitative estimate of drug-likeness (QED) is 0.879. The number of carbonyl (C=O) groups excluding carboxylic acids is 1. The summed E-state index contributed by atoms with van der Waals surface area (Å²) in [7, 11) is 0. The Bertz CT molecular complexity index is 642. The minimum absolute atomic E-state index is 0.0544. The monoisotopic (exact) mass is 282 g/mol. The topological polar surface area (TPSA) is 65.2 Å². The van der Waals surface area contributed by atoms with E-state index in [1.165, 1.54) is 24.4 Å². The van der Waals surface area contributed by atoms with Gasteiger partial charge in [0.1, 0.15) is 11.6 Å². The second kappa shape index (κ2) is 5.20. The number of aldehydes is 1. The molecule has 0 aliphatic heterocycles. The zero-order chi connectivity index (χ0) is 14.8. The zero-order valence-electron chi connectivity index (χ0n) is 10.0. The highest BCUT2D eigenvalue weighted by Gasteiger charge is 2.31. The van der Waals surface area contributed by atoms with E-state index < -0.39 is 12.1 Å². The van der Waals surface area contributed by atoms with Crippen LogP contribution in [-0.4, -0.2) is 17.6 Å². The number of anilines is 1. The van der Waals surface area contributed by atoms with Gasteiger partial charge in [0, 0.05) is 17.3 Å². The van der Waals surface area contributed by atoms with Crippen LogP contribution >= 0.6 is 0 Å². The summed E-state index contributed by atoms with van der Waals surface area (Å²) in [5.74, 6) is -0.339. The van der Waals surface area contributed by atoms with E-state index in [1.54, 1.807) is 0 Å². The number of halogens is 3. The lowest BCUT2D eigenvalue weighted by Crippen LogP contribution is -2.17. The van der Waals surface area contributed by atoms with Gasteiger partial charge in [-0.3, -0.25) is 4.79 Å². The van der Waals surface area contributed by atoms with Crippen molar-refractivity contribution in [3.63, 3.8) is 0 Å². The average Bonchev–Trinajstić information content (AvgIpc) is 2.36. The smallest absolute Gasteiger partial charge is 0.406 e. The van der Waals surface area contributed by atoms with Crippen molar-refractivity contribution in [3.8, 4) is 16.9 Å². The fraction of sp³-hybridized carbons (Fsp3) is 0.0769. The molecular weight excluding hydrogens is 273 g/mol. The summed E-state index contributed by atoms with van der Waals surface area (Å²) in [6, 6.07) is 6.62. The molecule has 0 aliphatic carbocycles. The van der Waals surface area contributed by atoms with Crippen LogP contribution in [0.1, 0.15) is 10.4 Å². The first-order chi connectivity index (χ1) is 9.40. The van der Waals surface area contributed by atoms with Crippen molar-refractivity contribution >= 4 is 12.1 Å². The number of ether oxygens (including phenoxy) is 1. The number of hydrogen-bond acceptors (Lipinski definition) is 4. The second-order valence-corrected chi connectivity index (χ2v) is 3.85. The molecule has 1 heterocycles. The van der Waals surface area contributed by atoms with Crippen LogP contribution < -0.4 is 10.5 Å². The van der Waals surface area contributed by atoms with Gasteiger partial charge in [-0.2, -0.15) is 0 Å². The molecule has 0 radical (unpaired) electrons. The zero-order valence-corrected chi connectivity index (χ0v) is 10.0. The summed E-state index contributed by atoms with van der Waals surface area (Å²) in [5, 5.41) is 0. The van der Waals surface area contributed by atoms with E-state index in [0.717, 1.165) is 12.1 Å². The molecule has 2 rings (SSSR count). The number of carbonyl (C=O) groups is 1. The second-order valence-electron chi connectivity index (χ2n) is 3.85. The molecule has 0 spiro atoms. The Hall–Kier alpha value is -2.57. The standard InChI is InChI=1S/C13H9F3N2O2/c14-13(15,16)20-10-3-1-2-8(6-10)11-9(7-19)4-5-18-12(11)17/h1-7H,(H2,17,18). The Morgan fingerprint density at radius 2 is 2.00 bits per heavy atom. The number of pyridine rings is 1. The molecule has 2 aromatic rings. The van der Waals surface area contributed by atoms with Crippen molar-refractivity contribution in [1.29, 1.82) is 0 Å². The third-order valence-electron chi connectivity index (χ3n) is 2.50. The van der Waals surface area contributed by atoms with Crippen molar-refractivity contribution in [1.82, 2.24) is 4.98 Å².